The maximum Gasteiger partial charge on any atom is 0.260 e. The smallest absolute Gasteiger partial charge is 0.260 e. The Bertz CT molecular complexity index is 1410. The first kappa shape index (κ1) is 24.1. The van der Waals surface area contributed by atoms with Crippen molar-refractivity contribution in [3.05, 3.63) is 66.0 Å². The first-order valence-electron chi connectivity index (χ1n) is 12.0. The predicted molar refractivity (Wildman–Crippen MR) is 140 cm³/mol. The number of hydrogen-bond donors (Lipinski definition) is 2. The summed E-state index contributed by atoms with van der Waals surface area (Å²) >= 11 is 1.48. The highest BCUT2D eigenvalue weighted by molar-refractivity contribution is 7.21. The molecule has 1 aliphatic rings. The lowest BCUT2D eigenvalue weighted by atomic mass is 10.0. The van der Waals surface area contributed by atoms with Crippen LogP contribution in [0.3, 0.4) is 0 Å². The third kappa shape index (κ3) is 4.87. The van der Waals surface area contributed by atoms with E-state index < -0.39 is 0 Å². The molecule has 0 aliphatic carbocycles. The molecule has 0 radical (unpaired) electrons. The molecule has 2 N–H and O–H groups in total. The molecular formula is C26H29N7O2S. The molecule has 4 aromatic rings. The molecule has 186 valence electrons. The highest BCUT2D eigenvalue weighted by atomic mass is 32.1. The minimum Gasteiger partial charge on any atom is -0.351 e. The number of carbonyl (C=O) groups is 2. The number of pyridine rings is 2. The average molecular weight is 504 g/mol. The molecule has 5 rings (SSSR count). The number of anilines is 1. The van der Waals surface area contributed by atoms with Gasteiger partial charge in [0.25, 0.3) is 11.8 Å². The number of thiazole rings is 1. The summed E-state index contributed by atoms with van der Waals surface area (Å²) in [5.74, 6) is -0.505. The first-order valence-corrected chi connectivity index (χ1v) is 12.8. The highest BCUT2D eigenvalue weighted by Crippen LogP contribution is 2.30. The monoisotopic (exact) mass is 503 g/mol. The van der Waals surface area contributed by atoms with E-state index in [4.69, 9.17) is 0 Å². The molecule has 5 heterocycles. The number of fused-ring (bicyclic) bond motifs is 1. The number of aromatic nitrogens is 4. The Morgan fingerprint density at radius 1 is 1.17 bits per heavy atom. The molecule has 0 unspecified atom stereocenters. The van der Waals surface area contributed by atoms with Gasteiger partial charge in [-0.15, -0.1) is 11.3 Å². The van der Waals surface area contributed by atoms with Gasteiger partial charge in [0.2, 0.25) is 0 Å². The number of rotatable bonds is 7. The number of amides is 2. The fraction of sp³-hybridized carbons (Fsp3) is 0.346. The van der Waals surface area contributed by atoms with Gasteiger partial charge in [-0.25, -0.2) is 4.52 Å². The molecule has 1 fully saturated rings. The quantitative estimate of drug-likeness (QED) is 0.395. The molecule has 1 saturated heterocycles. The van der Waals surface area contributed by atoms with Gasteiger partial charge in [-0.1, -0.05) is 0 Å². The van der Waals surface area contributed by atoms with Crippen LogP contribution in [-0.2, 0) is 0 Å². The Morgan fingerprint density at radius 2 is 1.97 bits per heavy atom. The van der Waals surface area contributed by atoms with Crippen molar-refractivity contribution in [1.82, 2.24) is 29.8 Å². The van der Waals surface area contributed by atoms with Crippen molar-refractivity contribution in [3.8, 4) is 10.4 Å². The molecule has 1 aliphatic heterocycles. The molecule has 0 spiro atoms. The fourth-order valence-corrected chi connectivity index (χ4v) is 5.61. The molecule has 36 heavy (non-hydrogen) atoms. The normalized spacial score (nSPS) is 15.3. The van der Waals surface area contributed by atoms with Crippen molar-refractivity contribution < 1.29 is 9.59 Å². The Kier molecular flexibility index (Phi) is 6.55. The zero-order chi connectivity index (χ0) is 25.3. The second-order valence-corrected chi connectivity index (χ2v) is 10.6. The molecule has 0 aromatic carbocycles. The van der Waals surface area contributed by atoms with E-state index >= 15 is 0 Å². The third-order valence-corrected chi connectivity index (χ3v) is 7.90. The summed E-state index contributed by atoms with van der Waals surface area (Å²) in [6, 6.07) is 5.51. The second-order valence-electron chi connectivity index (χ2n) is 9.61. The number of nitrogens with zero attached hydrogens (tertiary/aromatic N) is 5. The Labute approximate surface area is 213 Å². The predicted octanol–water partition coefficient (Wildman–Crippen LogP) is 4.02. The summed E-state index contributed by atoms with van der Waals surface area (Å²) in [5, 5.41) is 10.2. The zero-order valence-electron chi connectivity index (χ0n) is 20.6. The fourth-order valence-electron chi connectivity index (χ4n) is 4.55. The molecule has 9 nitrogen and oxygen atoms in total. The standard InChI is InChI=1S/C26H29N7O2S/c1-17-21(13-19(14-29-17)23(34)28-10-12-32-11-4-7-26(32,2)3)31-24(35)20-15-30-33-16-22(36-25(20)33)18-5-8-27-9-6-18/h5-6,8-9,13-16H,4,7,10-12H2,1-3H3,(H,28,34)(H,31,35). The van der Waals surface area contributed by atoms with Gasteiger partial charge < -0.3 is 10.6 Å². The van der Waals surface area contributed by atoms with E-state index in [1.165, 1.54) is 24.2 Å². The lowest BCUT2D eigenvalue weighted by Gasteiger charge is -2.31. The van der Waals surface area contributed by atoms with Crippen LogP contribution in [0.2, 0.25) is 0 Å². The SMILES string of the molecule is Cc1ncc(C(=O)NCCN2CCCC2(C)C)cc1NC(=O)c1cnn2cc(-c3ccncc3)sc12. The van der Waals surface area contributed by atoms with E-state index in [9.17, 15) is 9.59 Å². The number of likely N-dealkylation sites (tertiary alicyclic amines) is 1. The van der Waals surface area contributed by atoms with E-state index in [0.717, 1.165) is 28.4 Å². The Hall–Kier alpha value is -3.63. The van der Waals surface area contributed by atoms with Gasteiger partial charge in [0.1, 0.15) is 4.83 Å². The van der Waals surface area contributed by atoms with Crippen LogP contribution in [0.5, 0.6) is 0 Å². The lowest BCUT2D eigenvalue weighted by Crippen LogP contribution is -2.43. The number of aryl methyl sites for hydroxylation is 1. The van der Waals surface area contributed by atoms with Crippen molar-refractivity contribution >= 4 is 33.7 Å². The number of carbonyl (C=O) groups excluding carboxylic acids is 2. The van der Waals surface area contributed by atoms with Crippen molar-refractivity contribution in [3.63, 3.8) is 0 Å². The van der Waals surface area contributed by atoms with Crippen LogP contribution in [0, 0.1) is 6.92 Å². The van der Waals surface area contributed by atoms with E-state index in [1.54, 1.807) is 42.3 Å². The summed E-state index contributed by atoms with van der Waals surface area (Å²) in [6.07, 6.45) is 10.8. The van der Waals surface area contributed by atoms with Crippen LogP contribution in [0.25, 0.3) is 15.3 Å². The van der Waals surface area contributed by atoms with E-state index in [-0.39, 0.29) is 17.4 Å². The van der Waals surface area contributed by atoms with Gasteiger partial charge in [-0.05, 0) is 63.9 Å². The topological polar surface area (TPSA) is 105 Å². The molecule has 0 bridgehead atoms. The minimum atomic E-state index is -0.299. The summed E-state index contributed by atoms with van der Waals surface area (Å²) in [7, 11) is 0. The summed E-state index contributed by atoms with van der Waals surface area (Å²) in [5.41, 5.74) is 3.19. The molecular weight excluding hydrogens is 474 g/mol. The van der Waals surface area contributed by atoms with Crippen LogP contribution >= 0.6 is 11.3 Å². The summed E-state index contributed by atoms with van der Waals surface area (Å²) in [6.45, 7) is 8.71. The highest BCUT2D eigenvalue weighted by Gasteiger charge is 2.31. The van der Waals surface area contributed by atoms with Crippen LogP contribution < -0.4 is 10.6 Å². The van der Waals surface area contributed by atoms with E-state index in [1.807, 2.05) is 18.3 Å². The van der Waals surface area contributed by atoms with Crippen molar-refractivity contribution in [2.45, 2.75) is 39.2 Å². The maximum atomic E-state index is 13.1. The minimum absolute atomic E-state index is 0.175. The van der Waals surface area contributed by atoms with Crippen molar-refractivity contribution in [1.29, 1.82) is 0 Å². The van der Waals surface area contributed by atoms with Gasteiger partial charge >= 0.3 is 0 Å². The second kappa shape index (κ2) is 9.79. The average Bonchev–Trinajstić information content (AvgIpc) is 3.55. The van der Waals surface area contributed by atoms with Crippen molar-refractivity contribution in [2.24, 2.45) is 0 Å². The Balaban J connectivity index is 1.27. The molecule has 2 amide bonds. The van der Waals surface area contributed by atoms with Gasteiger partial charge in [0.15, 0.2) is 0 Å². The molecule has 10 heteroatoms. The van der Waals surface area contributed by atoms with Crippen LogP contribution in [0.1, 0.15) is 53.1 Å². The summed E-state index contributed by atoms with van der Waals surface area (Å²) in [4.78, 5) is 38.4. The van der Waals surface area contributed by atoms with Gasteiger partial charge in [-0.2, -0.15) is 5.10 Å². The zero-order valence-corrected chi connectivity index (χ0v) is 21.4. The third-order valence-electron chi connectivity index (χ3n) is 6.74. The molecule has 0 atom stereocenters. The van der Waals surface area contributed by atoms with Crippen LogP contribution in [0.4, 0.5) is 5.69 Å². The van der Waals surface area contributed by atoms with Gasteiger partial charge in [0.05, 0.1) is 33.6 Å². The van der Waals surface area contributed by atoms with Crippen LogP contribution in [-0.4, -0.2) is 61.5 Å². The number of nitrogens with one attached hydrogen (secondary N) is 2. The maximum absolute atomic E-state index is 13.1. The van der Waals surface area contributed by atoms with Crippen molar-refractivity contribution in [2.75, 3.05) is 25.0 Å². The lowest BCUT2D eigenvalue weighted by molar-refractivity contribution is 0.0938. The van der Waals surface area contributed by atoms with E-state index in [0.29, 0.717) is 29.1 Å². The first-order chi connectivity index (χ1) is 17.3. The van der Waals surface area contributed by atoms with E-state index in [2.05, 4.69) is 44.4 Å². The largest absolute Gasteiger partial charge is 0.351 e. The van der Waals surface area contributed by atoms with Crippen LogP contribution in [0.15, 0.2) is 49.2 Å². The Morgan fingerprint density at radius 3 is 2.72 bits per heavy atom. The molecule has 0 saturated carbocycles. The number of hydrogen-bond acceptors (Lipinski definition) is 7. The van der Waals surface area contributed by atoms with Gasteiger partial charge in [-0.3, -0.25) is 24.5 Å². The van der Waals surface area contributed by atoms with Gasteiger partial charge in [0, 0.05) is 43.4 Å². The molecule has 4 aromatic heterocycles. The summed E-state index contributed by atoms with van der Waals surface area (Å²) < 4.78 is 1.70.